The van der Waals surface area contributed by atoms with E-state index in [2.05, 4.69) is 61.2 Å². The van der Waals surface area contributed by atoms with Crippen LogP contribution in [0.1, 0.15) is 45.1 Å². The molecule has 2 unspecified atom stereocenters. The normalized spacial score (nSPS) is 25.3. The molecule has 0 saturated heterocycles. The second-order valence-corrected chi connectivity index (χ2v) is 11.2. The van der Waals surface area contributed by atoms with Gasteiger partial charge >= 0.3 is 6.71 Å². The fraction of sp³-hybridized carbons (Fsp3) is 0.267. The van der Waals surface area contributed by atoms with Gasteiger partial charge in [-0.3, -0.25) is 0 Å². The summed E-state index contributed by atoms with van der Waals surface area (Å²) < 4.78 is 20.0. The quantitative estimate of drug-likeness (QED) is 0.268. The first-order valence-corrected chi connectivity index (χ1v) is 12.8. The van der Waals surface area contributed by atoms with Gasteiger partial charge < -0.3 is 18.5 Å². The maximum atomic E-state index is 6.75. The van der Waals surface area contributed by atoms with E-state index in [4.69, 9.17) is 13.6 Å². The van der Waals surface area contributed by atoms with Crippen LogP contribution < -0.4 is 26.4 Å². The fourth-order valence-electron chi connectivity index (χ4n) is 7.83. The van der Waals surface area contributed by atoms with Crippen molar-refractivity contribution in [2.75, 3.05) is 4.90 Å². The van der Waals surface area contributed by atoms with E-state index in [0.29, 0.717) is 0 Å². The Morgan fingerprint density at radius 1 is 0.771 bits per heavy atom. The summed E-state index contributed by atoms with van der Waals surface area (Å²) in [5.74, 6) is 1.75. The minimum atomic E-state index is -0.123. The van der Waals surface area contributed by atoms with Crippen LogP contribution in [0.15, 0.2) is 69.5 Å². The Labute approximate surface area is 203 Å². The Hall–Kier alpha value is -3.60. The number of hydrogen-bond donors (Lipinski definition) is 0. The van der Waals surface area contributed by atoms with Gasteiger partial charge in [0.05, 0.1) is 16.6 Å². The molecule has 4 nitrogen and oxygen atoms in total. The smallest absolute Gasteiger partial charge is 0.346 e. The predicted molar refractivity (Wildman–Crippen MR) is 140 cm³/mol. The summed E-state index contributed by atoms with van der Waals surface area (Å²) in [6.07, 6.45) is 4.87. The molecule has 3 aromatic carbocycles. The highest BCUT2D eigenvalue weighted by atomic mass is 16.5. The van der Waals surface area contributed by atoms with Crippen LogP contribution >= 0.6 is 0 Å². The first kappa shape index (κ1) is 18.7. The number of anilines is 2. The van der Waals surface area contributed by atoms with Crippen molar-refractivity contribution in [2.24, 2.45) is 0 Å². The van der Waals surface area contributed by atoms with E-state index in [-0.39, 0.29) is 17.7 Å². The second kappa shape index (κ2) is 5.79. The van der Waals surface area contributed by atoms with E-state index in [0.717, 1.165) is 45.8 Å². The van der Waals surface area contributed by atoms with Gasteiger partial charge in [0.25, 0.3) is 0 Å². The van der Waals surface area contributed by atoms with E-state index >= 15 is 0 Å². The Bertz CT molecular complexity index is 1750. The number of furan rings is 2. The van der Waals surface area contributed by atoms with E-state index in [1.807, 2.05) is 18.2 Å². The fourth-order valence-corrected chi connectivity index (χ4v) is 7.83. The van der Waals surface area contributed by atoms with Crippen molar-refractivity contribution in [3.63, 3.8) is 0 Å². The van der Waals surface area contributed by atoms with E-state index in [1.54, 1.807) is 0 Å². The van der Waals surface area contributed by atoms with Crippen LogP contribution in [0.5, 0.6) is 11.5 Å². The van der Waals surface area contributed by atoms with Gasteiger partial charge in [-0.1, -0.05) is 50.1 Å². The molecule has 0 spiro atoms. The summed E-state index contributed by atoms with van der Waals surface area (Å²) in [5.41, 5.74) is 8.87. The topological polar surface area (TPSA) is 38.8 Å². The van der Waals surface area contributed by atoms with Crippen molar-refractivity contribution in [1.29, 1.82) is 0 Å². The van der Waals surface area contributed by atoms with E-state index in [1.165, 1.54) is 47.0 Å². The average molecular weight is 457 g/mol. The van der Waals surface area contributed by atoms with E-state index < -0.39 is 0 Å². The minimum Gasteiger partial charge on any atom is -0.468 e. The van der Waals surface area contributed by atoms with Crippen molar-refractivity contribution in [3.05, 3.63) is 66.2 Å². The number of para-hydroxylation sites is 2. The largest absolute Gasteiger partial charge is 0.468 e. The molecule has 2 aromatic heterocycles. The third-order valence-corrected chi connectivity index (χ3v) is 9.69. The van der Waals surface area contributed by atoms with Crippen molar-refractivity contribution < 1.29 is 13.6 Å². The maximum absolute atomic E-state index is 6.75. The van der Waals surface area contributed by atoms with Crippen molar-refractivity contribution in [2.45, 2.75) is 50.5 Å². The molecule has 5 aromatic rings. The molecule has 35 heavy (non-hydrogen) atoms. The monoisotopic (exact) mass is 457 g/mol. The molecule has 1 aliphatic carbocycles. The van der Waals surface area contributed by atoms with Crippen LogP contribution in [0, 0.1) is 0 Å². The molecule has 9 rings (SSSR count). The third-order valence-electron chi connectivity index (χ3n) is 9.69. The van der Waals surface area contributed by atoms with Crippen LogP contribution in [0.2, 0.25) is 0 Å². The average Bonchev–Trinajstić information content (AvgIpc) is 3.50. The lowest BCUT2D eigenvalue weighted by molar-refractivity contribution is 0.195. The van der Waals surface area contributed by atoms with Gasteiger partial charge in [-0.2, -0.15) is 0 Å². The lowest BCUT2D eigenvalue weighted by Gasteiger charge is -2.51. The standard InChI is InChI=1S/C30H24BNO3/c1-29-15-7-8-16-30(29,2)32-24-17-9-3-5-11-20(17)34-27(24)31-23-22(14-13-19(29)25(23)32)33-26-18-10-4-6-12-21(18)35-28(26)31/h3-6,9-14H,7-8,15-16H2,1-2H3. The zero-order valence-electron chi connectivity index (χ0n) is 19.9. The van der Waals surface area contributed by atoms with Gasteiger partial charge in [0, 0.05) is 22.0 Å². The number of fused-ring (bicyclic) bond motifs is 12. The number of nitrogens with zero attached hydrogens (tertiary/aromatic N) is 1. The number of hydrogen-bond acceptors (Lipinski definition) is 4. The predicted octanol–water partition coefficient (Wildman–Crippen LogP) is 5.86. The Morgan fingerprint density at radius 2 is 1.49 bits per heavy atom. The van der Waals surface area contributed by atoms with Gasteiger partial charge in [-0.15, -0.1) is 0 Å². The maximum Gasteiger partial charge on any atom is 0.346 e. The molecular formula is C30H24BNO3. The molecule has 2 atom stereocenters. The first-order valence-electron chi connectivity index (χ1n) is 12.8. The first-order chi connectivity index (χ1) is 17.1. The summed E-state index contributed by atoms with van der Waals surface area (Å²) in [7, 11) is 0. The molecule has 5 heterocycles. The summed E-state index contributed by atoms with van der Waals surface area (Å²) in [4.78, 5) is 2.65. The highest BCUT2D eigenvalue weighted by Gasteiger charge is 2.63. The molecule has 0 radical (unpaired) electrons. The molecule has 1 fully saturated rings. The summed E-state index contributed by atoms with van der Waals surface area (Å²) in [5, 5.41) is 2.20. The highest BCUT2D eigenvalue weighted by Crippen LogP contribution is 2.62. The molecule has 0 bridgehead atoms. The number of benzene rings is 3. The van der Waals surface area contributed by atoms with Crippen molar-refractivity contribution in [3.8, 4) is 11.5 Å². The minimum absolute atomic E-state index is 0.0246. The molecule has 4 aliphatic rings. The van der Waals surface area contributed by atoms with Crippen LogP contribution in [-0.2, 0) is 5.41 Å². The van der Waals surface area contributed by atoms with Gasteiger partial charge in [-0.05, 0) is 55.7 Å². The summed E-state index contributed by atoms with van der Waals surface area (Å²) in [6, 6.07) is 21.2. The lowest BCUT2D eigenvalue weighted by atomic mass is 9.38. The molecule has 0 N–H and O–H groups in total. The SMILES string of the molecule is CC12CCCCC1(C)N1c3c2ccc2c3B(c3oc4ccccc4c3O2)c2oc3ccccc3c21. The van der Waals surface area contributed by atoms with Gasteiger partial charge in [0.15, 0.2) is 5.75 Å². The Kier molecular flexibility index (Phi) is 3.09. The van der Waals surface area contributed by atoms with Gasteiger partial charge in [0.1, 0.15) is 28.2 Å². The molecule has 0 amide bonds. The van der Waals surface area contributed by atoms with Crippen LogP contribution in [-0.4, -0.2) is 12.3 Å². The van der Waals surface area contributed by atoms with E-state index in [9.17, 15) is 0 Å². The molecular weight excluding hydrogens is 433 g/mol. The van der Waals surface area contributed by atoms with Gasteiger partial charge in [0.2, 0.25) is 0 Å². The lowest BCUT2D eigenvalue weighted by Crippen LogP contribution is -2.62. The molecule has 170 valence electrons. The Balaban J connectivity index is 1.46. The second-order valence-electron chi connectivity index (χ2n) is 11.2. The Morgan fingerprint density at radius 3 is 2.34 bits per heavy atom. The van der Waals surface area contributed by atoms with Crippen LogP contribution in [0.4, 0.5) is 11.4 Å². The summed E-state index contributed by atoms with van der Waals surface area (Å²) >= 11 is 0. The van der Waals surface area contributed by atoms with Crippen LogP contribution in [0.3, 0.4) is 0 Å². The number of rotatable bonds is 0. The molecule has 5 heteroatoms. The number of ether oxygens (including phenoxy) is 1. The third kappa shape index (κ3) is 1.91. The zero-order chi connectivity index (χ0) is 23.1. The highest BCUT2D eigenvalue weighted by molar-refractivity contribution is 6.98. The molecule has 3 aliphatic heterocycles. The van der Waals surface area contributed by atoms with Gasteiger partial charge in [-0.25, -0.2) is 0 Å². The molecule has 1 saturated carbocycles. The van der Waals surface area contributed by atoms with Crippen molar-refractivity contribution in [1.82, 2.24) is 0 Å². The van der Waals surface area contributed by atoms with Crippen LogP contribution in [0.25, 0.3) is 21.9 Å². The summed E-state index contributed by atoms with van der Waals surface area (Å²) in [6.45, 7) is 4.83. The van der Waals surface area contributed by atoms with Crippen molar-refractivity contribution >= 4 is 56.8 Å². The zero-order valence-corrected chi connectivity index (χ0v) is 19.9.